The quantitative estimate of drug-likeness (QED) is 0.207. The summed E-state index contributed by atoms with van der Waals surface area (Å²) in [5.74, 6) is -2.84. The highest BCUT2D eigenvalue weighted by Gasteiger charge is 2.31. The van der Waals surface area contributed by atoms with Crippen LogP contribution in [-0.2, 0) is 16.4 Å². The van der Waals surface area contributed by atoms with E-state index in [-0.39, 0.29) is 17.3 Å². The number of piperidine rings is 1. The largest absolute Gasteiger partial charge is 0.389 e. The van der Waals surface area contributed by atoms with Crippen molar-refractivity contribution in [3.8, 4) is 16.8 Å². The van der Waals surface area contributed by atoms with Gasteiger partial charge in [0.05, 0.1) is 28.2 Å². The highest BCUT2D eigenvalue weighted by Crippen LogP contribution is 2.42. The van der Waals surface area contributed by atoms with Gasteiger partial charge >= 0.3 is 0 Å². The fraction of sp³-hybridized carbons (Fsp3) is 0.455. The van der Waals surface area contributed by atoms with Crippen molar-refractivity contribution in [2.24, 2.45) is 0 Å². The Balaban J connectivity index is 1.66. The fourth-order valence-corrected chi connectivity index (χ4v) is 7.65. The minimum Gasteiger partial charge on any atom is -0.389 e. The number of anilines is 2. The molecule has 5 rings (SSSR count). The number of nitrogens with one attached hydrogen (secondary N) is 1. The van der Waals surface area contributed by atoms with Crippen molar-refractivity contribution < 1.29 is 26.7 Å². The number of hydrogen-bond donors (Lipinski definition) is 2. The van der Waals surface area contributed by atoms with Crippen molar-refractivity contribution in [1.29, 1.82) is 0 Å². The number of likely N-dealkylation sites (tertiary alicyclic amines) is 1. The maximum Gasteiger partial charge on any atom is 0.232 e. The average Bonchev–Trinajstić information content (AvgIpc) is 3.36. The Bertz CT molecular complexity index is 1820. The molecule has 3 heterocycles. The molecule has 0 amide bonds. The third kappa shape index (κ3) is 6.86. The number of hydrogen-bond acceptors (Lipinski definition) is 7. The van der Waals surface area contributed by atoms with E-state index in [1.165, 1.54) is 23.2 Å². The summed E-state index contributed by atoms with van der Waals surface area (Å²) in [5, 5.41) is 10.9. The second-order valence-corrected chi connectivity index (χ2v) is 14.4. The second kappa shape index (κ2) is 13.2. The molecule has 0 bridgehead atoms. The number of halogens is 3. The van der Waals surface area contributed by atoms with Gasteiger partial charge in [-0.1, -0.05) is 13.8 Å². The number of sulfonamides is 1. The highest BCUT2D eigenvalue weighted by atomic mass is 32.2. The Morgan fingerprint density at radius 2 is 1.76 bits per heavy atom. The van der Waals surface area contributed by atoms with E-state index < -0.39 is 44.5 Å². The highest BCUT2D eigenvalue weighted by molar-refractivity contribution is 7.92. The van der Waals surface area contributed by atoms with Crippen molar-refractivity contribution in [3.05, 3.63) is 66.1 Å². The van der Waals surface area contributed by atoms with Crippen LogP contribution in [0.2, 0.25) is 0 Å². The molecule has 0 saturated carbocycles. The summed E-state index contributed by atoms with van der Waals surface area (Å²) < 4.78 is 76.3. The standard InChI is InChI=1S/C33H41F3N6O3S/c1-6-14-46(44,45)39-27-9-8-25(34)32(30(27)36)42-18-24(21-16-37-20-38-17-21)29-23(7-2)31(26(35)15-28(29)42)40(5)22-10-12-41(13-11-22)19-33(3,4)43/h8-9,15-18,20,22,39,43H,6-7,10-14,19H2,1-5H3. The van der Waals surface area contributed by atoms with Gasteiger partial charge in [-0.05, 0) is 57.2 Å². The van der Waals surface area contributed by atoms with Crippen LogP contribution >= 0.6 is 0 Å². The Hall–Kier alpha value is -3.68. The maximum atomic E-state index is 16.4. The van der Waals surface area contributed by atoms with Gasteiger partial charge < -0.3 is 19.5 Å². The molecule has 0 unspecified atom stereocenters. The lowest BCUT2D eigenvalue weighted by atomic mass is 9.95. The van der Waals surface area contributed by atoms with Crippen LogP contribution in [0.15, 0.2) is 43.1 Å². The predicted molar refractivity (Wildman–Crippen MR) is 175 cm³/mol. The van der Waals surface area contributed by atoms with Crippen LogP contribution in [0.5, 0.6) is 0 Å². The number of rotatable bonds is 11. The summed E-state index contributed by atoms with van der Waals surface area (Å²) in [6.45, 7) is 9.21. The normalized spacial score (nSPS) is 15.1. The lowest BCUT2D eigenvalue weighted by Crippen LogP contribution is -2.48. The van der Waals surface area contributed by atoms with Crippen LogP contribution in [0.4, 0.5) is 24.5 Å². The van der Waals surface area contributed by atoms with Crippen molar-refractivity contribution in [1.82, 2.24) is 19.4 Å². The SMILES string of the molecule is CCCS(=O)(=O)Nc1ccc(F)c(-n2cc(-c3cncnc3)c3c(CC)c(N(C)C4CCN(CC(C)(C)O)CC4)c(F)cc32)c1F. The number of aromatic nitrogens is 3. The van der Waals surface area contributed by atoms with Crippen molar-refractivity contribution >= 4 is 32.3 Å². The monoisotopic (exact) mass is 658 g/mol. The molecule has 9 nitrogen and oxygen atoms in total. The van der Waals surface area contributed by atoms with Gasteiger partial charge in [-0.15, -0.1) is 0 Å². The summed E-state index contributed by atoms with van der Waals surface area (Å²) in [5.41, 5.74) is 0.667. The smallest absolute Gasteiger partial charge is 0.232 e. The van der Waals surface area contributed by atoms with Crippen LogP contribution < -0.4 is 9.62 Å². The first-order valence-corrected chi connectivity index (χ1v) is 17.2. The third-order valence-electron chi connectivity index (χ3n) is 8.46. The summed E-state index contributed by atoms with van der Waals surface area (Å²) in [7, 11) is -2.01. The topological polar surface area (TPSA) is 104 Å². The minimum absolute atomic E-state index is 0.0311. The zero-order chi connectivity index (χ0) is 33.4. The van der Waals surface area contributed by atoms with Gasteiger partial charge in [-0.25, -0.2) is 31.6 Å². The molecule has 13 heteroatoms. The van der Waals surface area contributed by atoms with Gasteiger partial charge in [0.15, 0.2) is 5.82 Å². The van der Waals surface area contributed by atoms with Gasteiger partial charge in [0.1, 0.15) is 23.6 Å². The molecular weight excluding hydrogens is 617 g/mol. The summed E-state index contributed by atoms with van der Waals surface area (Å²) in [6, 6.07) is 3.34. The van der Waals surface area contributed by atoms with Crippen LogP contribution in [0.1, 0.15) is 52.5 Å². The molecule has 1 saturated heterocycles. The number of fused-ring (bicyclic) bond motifs is 1. The summed E-state index contributed by atoms with van der Waals surface area (Å²) >= 11 is 0. The number of nitrogens with zero attached hydrogens (tertiary/aromatic N) is 5. The number of benzene rings is 2. The predicted octanol–water partition coefficient (Wildman–Crippen LogP) is 5.89. The van der Waals surface area contributed by atoms with E-state index in [0.29, 0.717) is 47.2 Å². The Morgan fingerprint density at radius 1 is 1.09 bits per heavy atom. The third-order valence-corrected chi connectivity index (χ3v) is 9.94. The Morgan fingerprint density at radius 3 is 2.37 bits per heavy atom. The van der Waals surface area contributed by atoms with Crippen LogP contribution in [0, 0.1) is 17.5 Å². The number of β-amino-alcohol motifs (C(OH)–C–C–N with tert-alkyl or cyclic N) is 1. The van der Waals surface area contributed by atoms with E-state index in [1.54, 1.807) is 33.2 Å². The van der Waals surface area contributed by atoms with E-state index in [2.05, 4.69) is 19.6 Å². The molecule has 1 aliphatic heterocycles. The van der Waals surface area contributed by atoms with Crippen LogP contribution in [-0.4, -0.2) is 77.0 Å². The number of aryl methyl sites for hydroxylation is 1. The second-order valence-electron chi connectivity index (χ2n) is 12.6. The Labute approximate surface area is 268 Å². The summed E-state index contributed by atoms with van der Waals surface area (Å²) in [6.07, 6.45) is 8.32. The molecule has 1 fully saturated rings. The van der Waals surface area contributed by atoms with Crippen molar-refractivity contribution in [2.75, 3.05) is 42.1 Å². The van der Waals surface area contributed by atoms with Gasteiger partial charge in [0.25, 0.3) is 0 Å². The van der Waals surface area contributed by atoms with Gasteiger partial charge in [0.2, 0.25) is 10.0 Å². The molecule has 4 aromatic rings. The van der Waals surface area contributed by atoms with E-state index in [0.717, 1.165) is 38.1 Å². The molecule has 46 heavy (non-hydrogen) atoms. The minimum atomic E-state index is -3.87. The van der Waals surface area contributed by atoms with E-state index in [4.69, 9.17) is 0 Å². The molecule has 0 aliphatic carbocycles. The van der Waals surface area contributed by atoms with Gasteiger partial charge in [0, 0.05) is 73.9 Å². The lowest BCUT2D eigenvalue weighted by Gasteiger charge is -2.40. The van der Waals surface area contributed by atoms with Crippen LogP contribution in [0.25, 0.3) is 27.7 Å². The first-order chi connectivity index (χ1) is 21.7. The molecule has 1 aliphatic rings. The molecule has 248 valence electrons. The molecule has 2 N–H and O–H groups in total. The van der Waals surface area contributed by atoms with E-state index >= 15 is 13.2 Å². The molecule has 2 aromatic carbocycles. The van der Waals surface area contributed by atoms with Crippen molar-refractivity contribution in [3.63, 3.8) is 0 Å². The van der Waals surface area contributed by atoms with E-state index in [9.17, 15) is 13.5 Å². The molecule has 0 radical (unpaired) electrons. The zero-order valence-corrected chi connectivity index (χ0v) is 27.6. The maximum absolute atomic E-state index is 16.4. The zero-order valence-electron chi connectivity index (χ0n) is 26.8. The summed E-state index contributed by atoms with van der Waals surface area (Å²) in [4.78, 5) is 12.4. The van der Waals surface area contributed by atoms with Gasteiger partial charge in [-0.2, -0.15) is 0 Å². The molecule has 0 spiro atoms. The molecular formula is C33H41F3N6O3S. The van der Waals surface area contributed by atoms with Crippen LogP contribution in [0.3, 0.4) is 0 Å². The molecule has 2 aromatic heterocycles. The Kier molecular flexibility index (Phi) is 9.67. The first kappa shape index (κ1) is 33.7. The first-order valence-electron chi connectivity index (χ1n) is 15.5. The van der Waals surface area contributed by atoms with Crippen molar-refractivity contribution in [2.45, 2.75) is 65.0 Å². The lowest BCUT2D eigenvalue weighted by molar-refractivity contribution is 0.0282. The average molecular weight is 659 g/mol. The number of aliphatic hydroxyl groups is 1. The fourth-order valence-electron chi connectivity index (χ4n) is 6.52. The van der Waals surface area contributed by atoms with E-state index in [1.807, 2.05) is 18.9 Å². The van der Waals surface area contributed by atoms with Gasteiger partial charge in [-0.3, -0.25) is 4.72 Å². The molecule has 0 atom stereocenters.